The highest BCUT2D eigenvalue weighted by atomic mass is 19.1. The second-order valence-corrected chi connectivity index (χ2v) is 7.17. The molecule has 1 aromatic carbocycles. The quantitative estimate of drug-likeness (QED) is 0.738. The zero-order valence-electron chi connectivity index (χ0n) is 14.6. The average Bonchev–Trinajstić information content (AvgIpc) is 2.55. The van der Waals surface area contributed by atoms with Gasteiger partial charge in [0.1, 0.15) is 11.6 Å². The summed E-state index contributed by atoms with van der Waals surface area (Å²) in [5.74, 6) is -0.122. The number of nitrogens with zero attached hydrogens (tertiary/aromatic N) is 1. The van der Waals surface area contributed by atoms with E-state index in [0.29, 0.717) is 34.9 Å². The summed E-state index contributed by atoms with van der Waals surface area (Å²) in [5, 5.41) is 0. The van der Waals surface area contributed by atoms with Gasteiger partial charge in [-0.05, 0) is 53.4 Å². The van der Waals surface area contributed by atoms with Crippen LogP contribution in [0.3, 0.4) is 0 Å². The van der Waals surface area contributed by atoms with E-state index in [0.717, 1.165) is 24.6 Å². The Bertz CT molecular complexity index is 770. The predicted octanol–water partition coefficient (Wildman–Crippen LogP) is 5.50. The van der Waals surface area contributed by atoms with E-state index < -0.39 is 5.82 Å². The van der Waals surface area contributed by atoms with E-state index in [1.54, 1.807) is 6.07 Å². The minimum absolute atomic E-state index is 0.144. The molecule has 0 saturated heterocycles. The molecule has 128 valence electrons. The molecule has 0 amide bonds. The first-order valence-corrected chi connectivity index (χ1v) is 8.39. The summed E-state index contributed by atoms with van der Waals surface area (Å²) in [4.78, 5) is 3.89. The Hall–Kier alpha value is -1.97. The summed E-state index contributed by atoms with van der Waals surface area (Å²) in [6.45, 7) is 6.36. The molecule has 24 heavy (non-hydrogen) atoms. The molecule has 1 heterocycles. The van der Waals surface area contributed by atoms with Gasteiger partial charge in [-0.2, -0.15) is 0 Å². The van der Waals surface area contributed by atoms with Gasteiger partial charge in [-0.1, -0.05) is 26.8 Å². The molecule has 4 heteroatoms. The second kappa shape index (κ2) is 6.15. The lowest BCUT2D eigenvalue weighted by molar-refractivity contribution is 0.140. The average molecular weight is 331 g/mol. The number of halogens is 2. The fourth-order valence-electron chi connectivity index (χ4n) is 3.61. The molecule has 1 aliphatic carbocycles. The Morgan fingerprint density at radius 1 is 1.17 bits per heavy atom. The van der Waals surface area contributed by atoms with Gasteiger partial charge >= 0.3 is 0 Å². The normalized spacial score (nSPS) is 19.0. The van der Waals surface area contributed by atoms with E-state index in [4.69, 9.17) is 4.74 Å². The first kappa shape index (κ1) is 16.9. The van der Waals surface area contributed by atoms with E-state index in [2.05, 4.69) is 18.8 Å². The summed E-state index contributed by atoms with van der Waals surface area (Å²) in [5.41, 5.74) is 2.81. The molecule has 0 radical (unpaired) electrons. The molecule has 1 fully saturated rings. The van der Waals surface area contributed by atoms with E-state index in [-0.39, 0.29) is 11.2 Å². The maximum Gasteiger partial charge on any atom is 0.213 e. The van der Waals surface area contributed by atoms with Crippen molar-refractivity contribution in [3.8, 4) is 17.0 Å². The molecule has 0 spiro atoms. The standard InChI is InChI=1S/C20H23F2NO/c1-5-12-8-14(16-6-7-20(16,2)3)13(9-17(12)21)15-10-19(24-4)23-11-18(15)22/h8-11,16H,5-7H2,1-4H3. The van der Waals surface area contributed by atoms with Crippen molar-refractivity contribution < 1.29 is 13.5 Å². The predicted molar refractivity (Wildman–Crippen MR) is 91.3 cm³/mol. The topological polar surface area (TPSA) is 22.1 Å². The SMILES string of the molecule is CCc1cc(C2CCC2(C)C)c(-c2cc(OC)ncc2F)cc1F. The van der Waals surface area contributed by atoms with Crippen LogP contribution in [-0.4, -0.2) is 12.1 Å². The number of aryl methyl sites for hydroxylation is 1. The third-order valence-corrected chi connectivity index (χ3v) is 5.33. The van der Waals surface area contributed by atoms with E-state index in [1.165, 1.54) is 13.2 Å². The number of ether oxygens (including phenoxy) is 1. The van der Waals surface area contributed by atoms with Crippen LogP contribution >= 0.6 is 0 Å². The molecule has 0 bridgehead atoms. The molecule has 2 aromatic rings. The van der Waals surface area contributed by atoms with Gasteiger partial charge in [0, 0.05) is 11.6 Å². The Kier molecular flexibility index (Phi) is 4.33. The fourth-order valence-corrected chi connectivity index (χ4v) is 3.61. The van der Waals surface area contributed by atoms with Crippen molar-refractivity contribution in [3.63, 3.8) is 0 Å². The molecule has 1 aromatic heterocycles. The highest BCUT2D eigenvalue weighted by Gasteiger charge is 2.41. The van der Waals surface area contributed by atoms with Crippen molar-refractivity contribution in [3.05, 3.63) is 47.2 Å². The van der Waals surface area contributed by atoms with Crippen LogP contribution < -0.4 is 4.74 Å². The molecule has 1 saturated carbocycles. The lowest BCUT2D eigenvalue weighted by Gasteiger charge is -2.46. The van der Waals surface area contributed by atoms with Crippen molar-refractivity contribution in [2.75, 3.05) is 7.11 Å². The number of aromatic nitrogens is 1. The molecular weight excluding hydrogens is 308 g/mol. The highest BCUT2D eigenvalue weighted by Crippen LogP contribution is 2.54. The fraction of sp³-hybridized carbons (Fsp3) is 0.450. The van der Waals surface area contributed by atoms with Gasteiger partial charge < -0.3 is 4.74 Å². The molecule has 3 rings (SSSR count). The van der Waals surface area contributed by atoms with E-state index in [1.807, 2.05) is 13.0 Å². The van der Waals surface area contributed by atoms with E-state index >= 15 is 0 Å². The number of hydrogen-bond donors (Lipinski definition) is 0. The van der Waals surface area contributed by atoms with E-state index in [9.17, 15) is 8.78 Å². The van der Waals surface area contributed by atoms with Gasteiger partial charge in [0.15, 0.2) is 0 Å². The summed E-state index contributed by atoms with van der Waals surface area (Å²) in [6.07, 6.45) is 3.92. The van der Waals surface area contributed by atoms with Crippen LogP contribution in [0.4, 0.5) is 8.78 Å². The molecule has 0 N–H and O–H groups in total. The van der Waals surface area contributed by atoms with Crippen LogP contribution in [0.2, 0.25) is 0 Å². The third kappa shape index (κ3) is 2.79. The smallest absolute Gasteiger partial charge is 0.213 e. The number of hydrogen-bond acceptors (Lipinski definition) is 2. The van der Waals surface area contributed by atoms with Crippen LogP contribution in [-0.2, 0) is 6.42 Å². The second-order valence-electron chi connectivity index (χ2n) is 7.17. The number of methoxy groups -OCH3 is 1. The van der Waals surface area contributed by atoms with Crippen LogP contribution in [0.1, 0.15) is 50.7 Å². The first-order valence-electron chi connectivity index (χ1n) is 8.39. The maximum absolute atomic E-state index is 14.4. The van der Waals surface area contributed by atoms with Crippen molar-refractivity contribution in [2.24, 2.45) is 5.41 Å². The van der Waals surface area contributed by atoms with Gasteiger partial charge in [0.2, 0.25) is 5.88 Å². The third-order valence-electron chi connectivity index (χ3n) is 5.33. The molecule has 0 aliphatic heterocycles. The monoisotopic (exact) mass is 331 g/mol. The summed E-state index contributed by atoms with van der Waals surface area (Å²) in [6, 6.07) is 4.94. The zero-order valence-corrected chi connectivity index (χ0v) is 14.6. The van der Waals surface area contributed by atoms with Crippen LogP contribution in [0, 0.1) is 17.0 Å². The molecule has 1 aliphatic rings. The Labute approximate surface area is 141 Å². The van der Waals surface area contributed by atoms with Gasteiger partial charge in [-0.3, -0.25) is 0 Å². The first-order chi connectivity index (χ1) is 11.4. The lowest BCUT2D eigenvalue weighted by Crippen LogP contribution is -2.33. The van der Waals surface area contributed by atoms with Gasteiger partial charge in [-0.25, -0.2) is 13.8 Å². The minimum atomic E-state index is -0.460. The zero-order chi connectivity index (χ0) is 17.5. The molecule has 1 unspecified atom stereocenters. The number of pyridine rings is 1. The Morgan fingerprint density at radius 2 is 1.92 bits per heavy atom. The number of benzene rings is 1. The van der Waals surface area contributed by atoms with Crippen LogP contribution in [0.5, 0.6) is 5.88 Å². The maximum atomic E-state index is 14.4. The Morgan fingerprint density at radius 3 is 2.46 bits per heavy atom. The van der Waals surface area contributed by atoms with Gasteiger partial charge in [0.05, 0.1) is 13.3 Å². The van der Waals surface area contributed by atoms with Crippen LogP contribution in [0.25, 0.3) is 11.1 Å². The van der Waals surface area contributed by atoms with Crippen molar-refractivity contribution in [2.45, 2.75) is 46.0 Å². The molecule has 1 atom stereocenters. The lowest BCUT2D eigenvalue weighted by atomic mass is 9.59. The number of rotatable bonds is 4. The largest absolute Gasteiger partial charge is 0.481 e. The van der Waals surface area contributed by atoms with Crippen molar-refractivity contribution >= 4 is 0 Å². The molecule has 2 nitrogen and oxygen atoms in total. The highest BCUT2D eigenvalue weighted by molar-refractivity contribution is 5.70. The Balaban J connectivity index is 2.22. The van der Waals surface area contributed by atoms with Gasteiger partial charge in [0.25, 0.3) is 0 Å². The van der Waals surface area contributed by atoms with Gasteiger partial charge in [-0.15, -0.1) is 0 Å². The van der Waals surface area contributed by atoms with Crippen molar-refractivity contribution in [1.82, 2.24) is 4.98 Å². The summed E-state index contributed by atoms with van der Waals surface area (Å²) < 4.78 is 34.0. The van der Waals surface area contributed by atoms with Crippen LogP contribution in [0.15, 0.2) is 24.4 Å². The summed E-state index contributed by atoms with van der Waals surface area (Å²) >= 11 is 0. The minimum Gasteiger partial charge on any atom is -0.481 e. The van der Waals surface area contributed by atoms with Crippen molar-refractivity contribution in [1.29, 1.82) is 0 Å². The molecular formula is C20H23F2NO. The summed E-state index contributed by atoms with van der Waals surface area (Å²) in [7, 11) is 1.49.